The Morgan fingerprint density at radius 3 is 1.39 bits per heavy atom. The molecule has 0 aromatic heterocycles. The van der Waals surface area contributed by atoms with Crippen LogP contribution in [0.5, 0.6) is 0 Å². The fourth-order valence-electron chi connectivity index (χ4n) is 8.47. The molecule has 0 aliphatic rings. The smallest absolute Gasteiger partial charge is 0.224 e. The van der Waals surface area contributed by atoms with Crippen molar-refractivity contribution in [3.8, 4) is 0 Å². The van der Waals surface area contributed by atoms with E-state index < -0.39 is 31.1 Å². The van der Waals surface area contributed by atoms with E-state index in [2.05, 4.69) is 21.3 Å². The predicted molar refractivity (Wildman–Crippen MR) is 324 cm³/mol. The summed E-state index contributed by atoms with van der Waals surface area (Å²) >= 11 is 0. The number of ketones is 5. The summed E-state index contributed by atoms with van der Waals surface area (Å²) in [6.45, 7) is 8.12. The SMILES string of the molecule is COCCOCCCC(=O)CCC(=O)NCCCCC(NC(=O)C(CCCCCC(=O)CCC(=O)NCCOCCOC)CC(=O)CCC(=O)NCCOCCOC)C(=O)CCCOCCOCCC(=O)CCCCCC(CO)COP(=O)([O-])C(C)C. The van der Waals surface area contributed by atoms with Gasteiger partial charge in [-0.1, -0.05) is 39.5 Å². The second-order valence-corrected chi connectivity index (χ2v) is 24.2. The zero-order valence-electron chi connectivity index (χ0n) is 53.3. The summed E-state index contributed by atoms with van der Waals surface area (Å²) in [5.74, 6) is -3.12. The van der Waals surface area contributed by atoms with E-state index in [1.165, 1.54) is 0 Å². The number of carbonyl (C=O) groups is 9. The topological polar surface area (TPSA) is 345 Å². The summed E-state index contributed by atoms with van der Waals surface area (Å²) in [7, 11) is 0.732. The van der Waals surface area contributed by atoms with Crippen molar-refractivity contribution >= 4 is 60.1 Å². The van der Waals surface area contributed by atoms with Crippen molar-refractivity contribution in [2.45, 2.75) is 186 Å². The van der Waals surface area contributed by atoms with Gasteiger partial charge in [-0.25, -0.2) is 0 Å². The third kappa shape index (κ3) is 51.5. The molecule has 0 heterocycles. The highest BCUT2D eigenvalue weighted by molar-refractivity contribution is 7.52. The summed E-state index contributed by atoms with van der Waals surface area (Å²) in [6, 6.07) is -0.925. The normalized spacial score (nSPS) is 13.1. The van der Waals surface area contributed by atoms with Crippen LogP contribution < -0.4 is 26.2 Å². The minimum atomic E-state index is -3.96. The molecular formula is C61H110N4O21P-. The number of methoxy groups -OCH3 is 3. The lowest BCUT2D eigenvalue weighted by molar-refractivity contribution is -0.202. The van der Waals surface area contributed by atoms with E-state index in [0.717, 1.165) is 12.8 Å². The third-order valence-corrected chi connectivity index (χ3v) is 15.7. The monoisotopic (exact) mass is 1270 g/mol. The zero-order chi connectivity index (χ0) is 64.6. The van der Waals surface area contributed by atoms with Crippen molar-refractivity contribution in [3.05, 3.63) is 0 Å². The Bertz CT molecular complexity index is 1910. The van der Waals surface area contributed by atoms with Crippen LogP contribution in [0.2, 0.25) is 0 Å². The molecule has 506 valence electrons. The van der Waals surface area contributed by atoms with Crippen LogP contribution in [0.15, 0.2) is 0 Å². The molecule has 0 bridgehead atoms. The van der Waals surface area contributed by atoms with Crippen LogP contribution in [0, 0.1) is 11.8 Å². The van der Waals surface area contributed by atoms with Crippen molar-refractivity contribution < 1.29 is 100 Å². The number of hydrogen-bond donors (Lipinski definition) is 5. The lowest BCUT2D eigenvalue weighted by atomic mass is 9.91. The Morgan fingerprint density at radius 1 is 0.437 bits per heavy atom. The van der Waals surface area contributed by atoms with Gasteiger partial charge >= 0.3 is 0 Å². The van der Waals surface area contributed by atoms with Crippen LogP contribution in [-0.2, 0) is 90.1 Å². The van der Waals surface area contributed by atoms with Crippen molar-refractivity contribution in [1.82, 2.24) is 21.3 Å². The molecule has 87 heavy (non-hydrogen) atoms. The van der Waals surface area contributed by atoms with Gasteiger partial charge in [-0.2, -0.15) is 0 Å². The molecule has 0 aromatic rings. The van der Waals surface area contributed by atoms with Crippen LogP contribution in [0.1, 0.15) is 174 Å². The van der Waals surface area contributed by atoms with Gasteiger partial charge in [-0.15, -0.1) is 0 Å². The summed E-state index contributed by atoms with van der Waals surface area (Å²) in [5.41, 5.74) is -0.640. The molecule has 5 N–H and O–H groups in total. The maximum atomic E-state index is 14.2. The van der Waals surface area contributed by atoms with E-state index in [1.807, 2.05) is 0 Å². The van der Waals surface area contributed by atoms with Gasteiger partial charge in [-0.05, 0) is 57.8 Å². The van der Waals surface area contributed by atoms with Gasteiger partial charge in [0.1, 0.15) is 30.7 Å². The fraction of sp³-hybridized carbons (Fsp3) is 0.852. The van der Waals surface area contributed by atoms with E-state index in [9.17, 15) is 57.7 Å². The molecule has 0 rings (SSSR count). The zero-order valence-corrected chi connectivity index (χ0v) is 54.2. The van der Waals surface area contributed by atoms with Crippen molar-refractivity contribution in [2.75, 3.05) is 140 Å². The third-order valence-electron chi connectivity index (χ3n) is 13.9. The minimum Gasteiger partial charge on any atom is -0.778 e. The first-order chi connectivity index (χ1) is 41.9. The van der Waals surface area contributed by atoms with Gasteiger partial charge in [0.15, 0.2) is 5.78 Å². The molecule has 4 unspecified atom stereocenters. The maximum absolute atomic E-state index is 14.2. The van der Waals surface area contributed by atoms with Crippen molar-refractivity contribution in [1.29, 1.82) is 0 Å². The first kappa shape index (κ1) is 83.0. The fourth-order valence-corrected chi connectivity index (χ4v) is 9.19. The quantitative estimate of drug-likeness (QED) is 0.0409. The Labute approximate surface area is 517 Å². The number of aliphatic hydroxyl groups excluding tert-OH is 1. The molecule has 0 aliphatic carbocycles. The Hall–Kier alpha value is -3.98. The Kier molecular flexibility index (Phi) is 54.6. The van der Waals surface area contributed by atoms with Crippen molar-refractivity contribution in [3.63, 3.8) is 0 Å². The van der Waals surface area contributed by atoms with Crippen LogP contribution in [0.25, 0.3) is 0 Å². The minimum absolute atomic E-state index is 0.0393. The molecule has 4 amide bonds. The average molecular weight is 1270 g/mol. The number of rotatable bonds is 65. The number of Topliss-reactive ketones (excluding diaryl/α,β-unsaturated/α-hetero) is 5. The second-order valence-electron chi connectivity index (χ2n) is 21.8. The molecule has 26 heteroatoms. The number of hydrogen-bond acceptors (Lipinski definition) is 21. The summed E-state index contributed by atoms with van der Waals surface area (Å²) in [5, 5.41) is 20.8. The molecule has 0 saturated carbocycles. The van der Waals surface area contributed by atoms with E-state index in [0.29, 0.717) is 130 Å². The summed E-state index contributed by atoms with van der Waals surface area (Å²) in [6.07, 6.45) is 7.69. The summed E-state index contributed by atoms with van der Waals surface area (Å²) in [4.78, 5) is 128. The number of ether oxygens (including phenoxy) is 8. The lowest BCUT2D eigenvalue weighted by Crippen LogP contribution is -2.44. The Balaban J connectivity index is 5.52. The molecule has 25 nitrogen and oxygen atoms in total. The molecule has 0 aromatic carbocycles. The van der Waals surface area contributed by atoms with E-state index in [4.69, 9.17) is 42.4 Å². The molecule has 0 spiro atoms. The van der Waals surface area contributed by atoms with Gasteiger partial charge in [-0.3, -0.25) is 43.2 Å². The second kappa shape index (κ2) is 57.2. The molecule has 0 fully saturated rings. The summed E-state index contributed by atoms with van der Waals surface area (Å²) < 4.78 is 59.2. The van der Waals surface area contributed by atoms with E-state index in [-0.39, 0.29) is 189 Å². The van der Waals surface area contributed by atoms with Crippen LogP contribution >= 0.6 is 7.60 Å². The maximum Gasteiger partial charge on any atom is 0.224 e. The molecule has 0 aliphatic heterocycles. The molecule has 0 saturated heterocycles. The van der Waals surface area contributed by atoms with Crippen LogP contribution in [0.4, 0.5) is 0 Å². The van der Waals surface area contributed by atoms with Gasteiger partial charge < -0.3 is 78.3 Å². The van der Waals surface area contributed by atoms with Crippen LogP contribution in [0.3, 0.4) is 0 Å². The number of carbonyl (C=O) groups excluding carboxylic acids is 9. The number of nitrogens with one attached hydrogen (secondary N) is 4. The van der Waals surface area contributed by atoms with Gasteiger partial charge in [0.25, 0.3) is 0 Å². The number of aliphatic hydroxyl groups is 1. The molecular weight excluding hydrogens is 1160 g/mol. The largest absolute Gasteiger partial charge is 0.778 e. The van der Waals surface area contributed by atoms with Crippen molar-refractivity contribution in [2.24, 2.45) is 11.8 Å². The average Bonchev–Trinajstić information content (AvgIpc) is 3.64. The lowest BCUT2D eigenvalue weighted by Gasteiger charge is -2.28. The first-order valence-electron chi connectivity index (χ1n) is 31.5. The van der Waals surface area contributed by atoms with E-state index >= 15 is 0 Å². The van der Waals surface area contributed by atoms with Gasteiger partial charge in [0, 0.05) is 155 Å². The predicted octanol–water partition coefficient (Wildman–Crippen LogP) is 4.64. The molecule has 4 atom stereocenters. The van der Waals surface area contributed by atoms with Gasteiger partial charge in [0.2, 0.25) is 23.6 Å². The standard InChI is InChI=1S/C61H111N4O21P/c1-49(2)87(76,77)86-48-50(47-66)16-8-6-10-19-54(69)29-35-83-45-44-82-34-15-22-57(71)56(21-12-13-30-62-58(72)26-24-53(68)20-14-33-81-41-38-78-3)65-61(75)51(46-55(70)25-28-60(74)64-32-37-85-43-40-80-5)17-9-7-11-18-52(67)23-27-59(73)63-31-36-84-42-39-79-4/h49-51,56,66H,6-48H2,1-5H3,(H,62,72)(H,63,73)(H,64,74)(H,65,75)(H,76,77)/p-1. The highest BCUT2D eigenvalue weighted by atomic mass is 31.2. The van der Waals surface area contributed by atoms with E-state index in [1.54, 1.807) is 35.2 Å². The van der Waals surface area contributed by atoms with Crippen LogP contribution in [-0.4, -0.2) is 209 Å². The van der Waals surface area contributed by atoms with Gasteiger partial charge in [0.05, 0.1) is 85.3 Å². The highest BCUT2D eigenvalue weighted by Crippen LogP contribution is 2.43. The number of amides is 4. The molecule has 0 radical (unpaired) electrons. The Morgan fingerprint density at radius 2 is 0.874 bits per heavy atom. The number of unbranched alkanes of at least 4 members (excludes halogenated alkanes) is 5. The highest BCUT2D eigenvalue weighted by Gasteiger charge is 2.27. The first-order valence-corrected chi connectivity index (χ1v) is 33.1.